The zero-order chi connectivity index (χ0) is 9.54. The summed E-state index contributed by atoms with van der Waals surface area (Å²) in [4.78, 5) is 5.42. The van der Waals surface area contributed by atoms with Crippen LogP contribution in [0.2, 0.25) is 0 Å². The predicted octanol–water partition coefficient (Wildman–Crippen LogP) is 1.40. The van der Waals surface area contributed by atoms with Gasteiger partial charge in [0.25, 0.3) is 0 Å². The van der Waals surface area contributed by atoms with Crippen molar-refractivity contribution in [2.45, 2.75) is 26.2 Å². The van der Waals surface area contributed by atoms with E-state index >= 15 is 0 Å². The highest BCUT2D eigenvalue weighted by molar-refractivity contribution is 7.14. The molecule has 0 saturated heterocycles. The average molecular weight is 206 g/mol. The highest BCUT2D eigenvalue weighted by Gasteiger charge is 2.24. The first-order chi connectivity index (χ1) is 6.84. The number of hydrogen-bond donors (Lipinski definition) is 0. The first-order valence-corrected chi connectivity index (χ1v) is 5.85. The number of nitrogens with zero attached hydrogens (tertiary/aromatic N) is 3. The predicted molar refractivity (Wildman–Crippen MR) is 54.3 cm³/mol. The molecular weight excluding hydrogens is 194 g/mol. The van der Waals surface area contributed by atoms with Crippen LogP contribution in [0, 0.1) is 5.92 Å². The van der Waals surface area contributed by atoms with Crippen molar-refractivity contribution in [2.24, 2.45) is 5.92 Å². The SMILES string of the molecule is CC1CCc2c(cnc3scn[n+]23)C1. The third-order valence-corrected chi connectivity index (χ3v) is 3.59. The average Bonchev–Trinajstić information content (AvgIpc) is 2.65. The third kappa shape index (κ3) is 1.14. The van der Waals surface area contributed by atoms with Gasteiger partial charge < -0.3 is 0 Å². The molecule has 4 heteroatoms. The van der Waals surface area contributed by atoms with E-state index in [0.717, 1.165) is 23.7 Å². The summed E-state index contributed by atoms with van der Waals surface area (Å²) in [5.41, 5.74) is 4.61. The Labute approximate surface area is 86.4 Å². The normalized spacial score (nSPS) is 21.1. The second-order valence-electron chi connectivity index (χ2n) is 4.01. The minimum atomic E-state index is 0.793. The van der Waals surface area contributed by atoms with Crippen molar-refractivity contribution in [3.63, 3.8) is 0 Å². The molecule has 1 atom stereocenters. The van der Waals surface area contributed by atoms with Crippen LogP contribution in [0.15, 0.2) is 11.7 Å². The van der Waals surface area contributed by atoms with Gasteiger partial charge in [-0.2, -0.15) is 0 Å². The maximum Gasteiger partial charge on any atom is 0.409 e. The van der Waals surface area contributed by atoms with Gasteiger partial charge in [-0.05, 0) is 35.1 Å². The largest absolute Gasteiger partial charge is 0.409 e. The summed E-state index contributed by atoms with van der Waals surface area (Å²) >= 11 is 1.60. The van der Waals surface area contributed by atoms with Gasteiger partial charge in [0, 0.05) is 12.0 Å². The molecule has 14 heavy (non-hydrogen) atoms. The third-order valence-electron chi connectivity index (χ3n) is 2.90. The molecule has 0 bridgehead atoms. The van der Waals surface area contributed by atoms with Crippen molar-refractivity contribution in [2.75, 3.05) is 0 Å². The van der Waals surface area contributed by atoms with Crippen LogP contribution in [-0.4, -0.2) is 10.1 Å². The van der Waals surface area contributed by atoms with Crippen LogP contribution in [0.5, 0.6) is 0 Å². The van der Waals surface area contributed by atoms with Gasteiger partial charge in [-0.25, -0.2) is 0 Å². The molecular formula is C10H12N3S+. The maximum absolute atomic E-state index is 4.41. The van der Waals surface area contributed by atoms with Crippen molar-refractivity contribution in [3.05, 3.63) is 23.0 Å². The van der Waals surface area contributed by atoms with E-state index in [1.165, 1.54) is 17.7 Å². The lowest BCUT2D eigenvalue weighted by atomic mass is 9.89. The lowest BCUT2D eigenvalue weighted by Gasteiger charge is -2.16. The van der Waals surface area contributed by atoms with Gasteiger partial charge in [0.2, 0.25) is 0 Å². The van der Waals surface area contributed by atoms with Crippen LogP contribution in [-0.2, 0) is 12.8 Å². The fourth-order valence-corrected chi connectivity index (χ4v) is 2.74. The molecule has 3 rings (SSSR count). The molecule has 1 aliphatic carbocycles. The van der Waals surface area contributed by atoms with Crippen molar-refractivity contribution in [1.29, 1.82) is 0 Å². The molecule has 72 valence electrons. The van der Waals surface area contributed by atoms with Gasteiger partial charge in [-0.15, -0.1) is 0 Å². The second kappa shape index (κ2) is 2.98. The Morgan fingerprint density at radius 3 is 3.43 bits per heavy atom. The monoisotopic (exact) mass is 206 g/mol. The van der Waals surface area contributed by atoms with Gasteiger partial charge in [-0.3, -0.25) is 0 Å². The minimum absolute atomic E-state index is 0.793. The van der Waals surface area contributed by atoms with E-state index in [1.807, 2.05) is 16.2 Å². The van der Waals surface area contributed by atoms with E-state index in [2.05, 4.69) is 17.0 Å². The van der Waals surface area contributed by atoms with Crippen molar-refractivity contribution in [3.8, 4) is 0 Å². The Hall–Kier alpha value is -1.03. The number of aromatic nitrogens is 3. The molecule has 2 heterocycles. The Morgan fingerprint density at radius 2 is 2.50 bits per heavy atom. The summed E-state index contributed by atoms with van der Waals surface area (Å²) in [6, 6.07) is 0. The minimum Gasteiger partial charge on any atom is -0.0878 e. The van der Waals surface area contributed by atoms with Gasteiger partial charge in [0.1, 0.15) is 17.4 Å². The standard InChI is InChI=1S/C10H12N3S/c1-7-2-3-9-8(4-7)5-11-10-13(9)12-6-14-10/h5-7H,2-4H2,1H3/q+1. The van der Waals surface area contributed by atoms with E-state index in [4.69, 9.17) is 0 Å². The molecule has 1 aliphatic rings. The summed E-state index contributed by atoms with van der Waals surface area (Å²) in [7, 11) is 0. The highest BCUT2D eigenvalue weighted by Crippen LogP contribution is 2.22. The summed E-state index contributed by atoms with van der Waals surface area (Å²) in [5, 5.41) is 4.33. The van der Waals surface area contributed by atoms with Gasteiger partial charge in [-0.1, -0.05) is 16.5 Å². The molecule has 0 fully saturated rings. The topological polar surface area (TPSA) is 29.9 Å². The number of aryl methyl sites for hydroxylation is 1. The van der Waals surface area contributed by atoms with Crippen LogP contribution in [0.3, 0.4) is 0 Å². The molecule has 0 N–H and O–H groups in total. The summed E-state index contributed by atoms with van der Waals surface area (Å²) in [6.07, 6.45) is 5.60. The Bertz CT molecular complexity index is 477. The van der Waals surface area contributed by atoms with E-state index in [9.17, 15) is 0 Å². The molecule has 0 amide bonds. The van der Waals surface area contributed by atoms with Gasteiger partial charge >= 0.3 is 4.96 Å². The molecule has 0 spiro atoms. The summed E-state index contributed by atoms with van der Waals surface area (Å²) in [5.74, 6) is 0.793. The smallest absolute Gasteiger partial charge is 0.0878 e. The van der Waals surface area contributed by atoms with E-state index in [-0.39, 0.29) is 0 Å². The quantitative estimate of drug-likeness (QED) is 0.610. The fourth-order valence-electron chi connectivity index (χ4n) is 2.13. The number of hydrogen-bond acceptors (Lipinski definition) is 3. The van der Waals surface area contributed by atoms with Crippen LogP contribution < -0.4 is 4.52 Å². The molecule has 3 nitrogen and oxygen atoms in total. The molecule has 0 aliphatic heterocycles. The molecule has 0 saturated carbocycles. The van der Waals surface area contributed by atoms with Crippen molar-refractivity contribution >= 4 is 16.3 Å². The number of rotatable bonds is 0. The summed E-state index contributed by atoms with van der Waals surface area (Å²) in [6.45, 7) is 2.30. The fraction of sp³-hybridized carbons (Fsp3) is 0.500. The van der Waals surface area contributed by atoms with E-state index < -0.39 is 0 Å². The molecule has 2 aromatic rings. The highest BCUT2D eigenvalue weighted by atomic mass is 32.1. The van der Waals surface area contributed by atoms with Gasteiger partial charge in [0.05, 0.1) is 0 Å². The molecule has 1 unspecified atom stereocenters. The van der Waals surface area contributed by atoms with Crippen LogP contribution in [0.1, 0.15) is 24.6 Å². The van der Waals surface area contributed by atoms with E-state index in [0.29, 0.717) is 0 Å². The number of fused-ring (bicyclic) bond motifs is 3. The van der Waals surface area contributed by atoms with Gasteiger partial charge in [0.15, 0.2) is 0 Å². The molecule has 0 aromatic carbocycles. The zero-order valence-electron chi connectivity index (χ0n) is 8.10. The Kier molecular flexibility index (Phi) is 1.77. The lowest BCUT2D eigenvalue weighted by Crippen LogP contribution is -2.34. The molecule has 0 radical (unpaired) electrons. The Balaban J connectivity index is 2.24. The second-order valence-corrected chi connectivity index (χ2v) is 4.82. The first kappa shape index (κ1) is 8.29. The van der Waals surface area contributed by atoms with Crippen molar-refractivity contribution in [1.82, 2.24) is 10.1 Å². The zero-order valence-corrected chi connectivity index (χ0v) is 8.92. The Morgan fingerprint density at radius 1 is 1.57 bits per heavy atom. The van der Waals surface area contributed by atoms with Crippen LogP contribution in [0.4, 0.5) is 0 Å². The first-order valence-electron chi connectivity index (χ1n) is 4.97. The van der Waals surface area contributed by atoms with Crippen LogP contribution >= 0.6 is 11.3 Å². The lowest BCUT2D eigenvalue weighted by molar-refractivity contribution is -0.587. The van der Waals surface area contributed by atoms with Crippen molar-refractivity contribution < 1.29 is 4.52 Å². The van der Waals surface area contributed by atoms with E-state index in [1.54, 1.807) is 11.3 Å². The van der Waals surface area contributed by atoms with Crippen LogP contribution in [0.25, 0.3) is 4.96 Å². The molecule has 2 aromatic heterocycles. The summed E-state index contributed by atoms with van der Waals surface area (Å²) < 4.78 is 2.01. The maximum atomic E-state index is 4.41.